The van der Waals surface area contributed by atoms with Gasteiger partial charge in [0.2, 0.25) is 0 Å². The summed E-state index contributed by atoms with van der Waals surface area (Å²) in [4.78, 5) is 13.4. The number of thiophene rings is 1. The molecule has 0 bridgehead atoms. The number of fused-ring (bicyclic) bond motifs is 1. The third kappa shape index (κ3) is 1.85. The van der Waals surface area contributed by atoms with Crippen molar-refractivity contribution in [3.05, 3.63) is 45.4 Å². The molecular weight excluding hydrogens is 232 g/mol. The summed E-state index contributed by atoms with van der Waals surface area (Å²) in [6.45, 7) is 0. The number of carbonyl (C=O) groups excluding carboxylic acids is 1. The van der Waals surface area contributed by atoms with E-state index in [9.17, 15) is 4.79 Å². The van der Waals surface area contributed by atoms with E-state index >= 15 is 0 Å². The Morgan fingerprint density at radius 1 is 1.47 bits per heavy atom. The molecule has 0 N–H and O–H groups in total. The van der Waals surface area contributed by atoms with Crippen LogP contribution in [-0.4, -0.2) is 15.6 Å². The molecule has 17 heavy (non-hydrogen) atoms. The van der Waals surface area contributed by atoms with Gasteiger partial charge < -0.3 is 0 Å². The lowest BCUT2D eigenvalue weighted by molar-refractivity contribution is 0.102. The second-order valence-electron chi connectivity index (χ2n) is 4.20. The lowest BCUT2D eigenvalue weighted by Crippen LogP contribution is -2.11. The maximum Gasteiger partial charge on any atom is 0.190 e. The normalized spacial score (nSPS) is 17.5. The largest absolute Gasteiger partial charge is 0.289 e. The minimum Gasteiger partial charge on any atom is -0.289 e. The van der Waals surface area contributed by atoms with E-state index in [1.807, 2.05) is 30.8 Å². The van der Waals surface area contributed by atoms with Crippen LogP contribution in [0.4, 0.5) is 0 Å². The standard InChI is InChI=1S/C13H12N2OS/c1-15-8-9(7-14-15)6-10-2-3-12-11(13(10)16)4-5-17-12/h4-8H,2-3H2,1H3/b10-6-. The highest BCUT2D eigenvalue weighted by molar-refractivity contribution is 7.10. The van der Waals surface area contributed by atoms with Crippen LogP contribution in [0.3, 0.4) is 0 Å². The summed E-state index contributed by atoms with van der Waals surface area (Å²) < 4.78 is 1.75. The van der Waals surface area contributed by atoms with Crippen LogP contribution < -0.4 is 0 Å². The predicted octanol–water partition coefficient (Wildman–Crippen LogP) is 2.69. The van der Waals surface area contributed by atoms with Crippen molar-refractivity contribution in [2.75, 3.05) is 0 Å². The average Bonchev–Trinajstić information content (AvgIpc) is 2.92. The fourth-order valence-electron chi connectivity index (χ4n) is 2.12. The fraction of sp³-hybridized carbons (Fsp3) is 0.231. The van der Waals surface area contributed by atoms with E-state index in [1.54, 1.807) is 22.2 Å². The molecule has 0 amide bonds. The molecule has 0 aliphatic heterocycles. The molecule has 0 atom stereocenters. The number of aryl methyl sites for hydroxylation is 2. The highest BCUT2D eigenvalue weighted by Gasteiger charge is 2.22. The molecule has 0 spiro atoms. The van der Waals surface area contributed by atoms with Gasteiger partial charge in [-0.3, -0.25) is 9.48 Å². The molecule has 3 nitrogen and oxygen atoms in total. The van der Waals surface area contributed by atoms with Gasteiger partial charge in [-0.05, 0) is 30.4 Å². The van der Waals surface area contributed by atoms with Gasteiger partial charge in [0, 0.05) is 34.8 Å². The molecule has 1 aliphatic rings. The number of nitrogens with zero attached hydrogens (tertiary/aromatic N) is 2. The first kappa shape index (κ1) is 10.5. The zero-order chi connectivity index (χ0) is 11.8. The van der Waals surface area contributed by atoms with E-state index in [4.69, 9.17) is 0 Å². The van der Waals surface area contributed by atoms with Gasteiger partial charge in [-0.1, -0.05) is 0 Å². The molecule has 0 saturated heterocycles. The minimum absolute atomic E-state index is 0.177. The second kappa shape index (κ2) is 3.96. The number of hydrogen-bond donors (Lipinski definition) is 0. The molecule has 0 radical (unpaired) electrons. The molecule has 4 heteroatoms. The average molecular weight is 244 g/mol. The predicted molar refractivity (Wildman–Crippen MR) is 68.2 cm³/mol. The quantitative estimate of drug-likeness (QED) is 0.723. The van der Waals surface area contributed by atoms with Crippen molar-refractivity contribution in [2.45, 2.75) is 12.8 Å². The minimum atomic E-state index is 0.177. The SMILES string of the molecule is Cn1cc(/C=C2/CCc3sccc3C2=O)cn1. The molecule has 86 valence electrons. The summed E-state index contributed by atoms with van der Waals surface area (Å²) in [5.41, 5.74) is 2.77. The topological polar surface area (TPSA) is 34.9 Å². The van der Waals surface area contributed by atoms with Crippen molar-refractivity contribution in [1.82, 2.24) is 9.78 Å². The Balaban J connectivity index is 1.97. The van der Waals surface area contributed by atoms with Crippen LogP contribution in [0.1, 0.15) is 27.2 Å². The van der Waals surface area contributed by atoms with Crippen LogP contribution in [0.25, 0.3) is 6.08 Å². The number of rotatable bonds is 1. The number of Topliss-reactive ketones (excluding diaryl/α,β-unsaturated/α-hetero) is 1. The van der Waals surface area contributed by atoms with Gasteiger partial charge in [-0.2, -0.15) is 5.10 Å². The molecule has 0 fully saturated rings. The fourth-order valence-corrected chi connectivity index (χ4v) is 3.00. The molecule has 1 aliphatic carbocycles. The molecular formula is C13H12N2OS. The number of carbonyl (C=O) groups is 1. The number of ketones is 1. The van der Waals surface area contributed by atoms with Crippen LogP contribution in [0.2, 0.25) is 0 Å². The Bertz CT molecular complexity index is 606. The van der Waals surface area contributed by atoms with Gasteiger partial charge in [-0.25, -0.2) is 0 Å². The van der Waals surface area contributed by atoms with Gasteiger partial charge in [0.05, 0.1) is 6.20 Å². The Morgan fingerprint density at radius 2 is 2.35 bits per heavy atom. The second-order valence-corrected chi connectivity index (χ2v) is 5.20. The monoisotopic (exact) mass is 244 g/mol. The zero-order valence-electron chi connectivity index (χ0n) is 9.51. The Labute approximate surface area is 103 Å². The smallest absolute Gasteiger partial charge is 0.190 e. The van der Waals surface area contributed by atoms with E-state index in [0.29, 0.717) is 0 Å². The summed E-state index contributed by atoms with van der Waals surface area (Å²) in [6, 6.07) is 1.93. The number of hydrogen-bond acceptors (Lipinski definition) is 3. The molecule has 0 unspecified atom stereocenters. The van der Waals surface area contributed by atoms with Crippen LogP contribution in [0.15, 0.2) is 29.4 Å². The maximum absolute atomic E-state index is 12.2. The highest BCUT2D eigenvalue weighted by Crippen LogP contribution is 2.29. The van der Waals surface area contributed by atoms with Gasteiger partial charge in [0.1, 0.15) is 0 Å². The summed E-state index contributed by atoms with van der Waals surface area (Å²) in [5, 5.41) is 6.10. The van der Waals surface area contributed by atoms with Crippen LogP contribution in [0, 0.1) is 0 Å². The van der Waals surface area contributed by atoms with E-state index in [-0.39, 0.29) is 5.78 Å². The van der Waals surface area contributed by atoms with Gasteiger partial charge in [0.15, 0.2) is 5.78 Å². The van der Waals surface area contributed by atoms with Crippen LogP contribution >= 0.6 is 11.3 Å². The maximum atomic E-state index is 12.2. The van der Waals surface area contributed by atoms with Crippen molar-refractivity contribution in [1.29, 1.82) is 0 Å². The Hall–Kier alpha value is -1.68. The van der Waals surface area contributed by atoms with E-state index in [1.165, 1.54) is 4.88 Å². The Morgan fingerprint density at radius 3 is 3.12 bits per heavy atom. The zero-order valence-corrected chi connectivity index (χ0v) is 10.3. The molecule has 2 heterocycles. The molecule has 3 rings (SSSR count). The lowest BCUT2D eigenvalue weighted by Gasteiger charge is -2.12. The first-order chi connectivity index (χ1) is 8.24. The van der Waals surface area contributed by atoms with Crippen molar-refractivity contribution in [2.24, 2.45) is 7.05 Å². The van der Waals surface area contributed by atoms with Gasteiger partial charge in [0.25, 0.3) is 0 Å². The molecule has 2 aromatic rings. The van der Waals surface area contributed by atoms with Crippen molar-refractivity contribution < 1.29 is 4.79 Å². The Kier molecular flexibility index (Phi) is 2.44. The first-order valence-electron chi connectivity index (χ1n) is 5.54. The van der Waals surface area contributed by atoms with Crippen molar-refractivity contribution in [3.63, 3.8) is 0 Å². The van der Waals surface area contributed by atoms with Gasteiger partial charge >= 0.3 is 0 Å². The first-order valence-corrected chi connectivity index (χ1v) is 6.42. The van der Waals surface area contributed by atoms with E-state index < -0.39 is 0 Å². The van der Waals surface area contributed by atoms with Crippen LogP contribution in [-0.2, 0) is 13.5 Å². The molecule has 2 aromatic heterocycles. The molecule has 0 aromatic carbocycles. The van der Waals surface area contributed by atoms with E-state index in [0.717, 1.165) is 29.5 Å². The molecule has 0 saturated carbocycles. The lowest BCUT2D eigenvalue weighted by atomic mass is 9.91. The summed E-state index contributed by atoms with van der Waals surface area (Å²) >= 11 is 1.68. The van der Waals surface area contributed by atoms with Crippen LogP contribution in [0.5, 0.6) is 0 Å². The summed E-state index contributed by atoms with van der Waals surface area (Å²) in [6.07, 6.45) is 7.47. The number of allylic oxidation sites excluding steroid dienone is 1. The van der Waals surface area contributed by atoms with Gasteiger partial charge in [-0.15, -0.1) is 11.3 Å². The third-order valence-electron chi connectivity index (χ3n) is 2.97. The third-order valence-corrected chi connectivity index (χ3v) is 3.95. The summed E-state index contributed by atoms with van der Waals surface area (Å²) in [5.74, 6) is 0.177. The summed E-state index contributed by atoms with van der Waals surface area (Å²) in [7, 11) is 1.88. The highest BCUT2D eigenvalue weighted by atomic mass is 32.1. The van der Waals surface area contributed by atoms with Crippen molar-refractivity contribution in [3.8, 4) is 0 Å². The van der Waals surface area contributed by atoms with E-state index in [2.05, 4.69) is 5.10 Å². The van der Waals surface area contributed by atoms with Crippen molar-refractivity contribution >= 4 is 23.2 Å². The number of aromatic nitrogens is 2.